The highest BCUT2D eigenvalue weighted by Gasteiger charge is 2.28. The number of ether oxygens (including phenoxy) is 2. The van der Waals surface area contributed by atoms with E-state index in [1.807, 2.05) is 28.5 Å². The van der Waals surface area contributed by atoms with Gasteiger partial charge in [-0.1, -0.05) is 0 Å². The van der Waals surface area contributed by atoms with Crippen molar-refractivity contribution in [1.82, 2.24) is 15.2 Å². The second-order valence-corrected chi connectivity index (χ2v) is 7.32. The number of thiazole rings is 1. The Labute approximate surface area is 150 Å². The third kappa shape index (κ3) is 3.21. The summed E-state index contributed by atoms with van der Waals surface area (Å²) in [6.45, 7) is 6.07. The molecule has 0 spiro atoms. The van der Waals surface area contributed by atoms with Crippen molar-refractivity contribution >= 4 is 17.2 Å². The molecule has 0 aliphatic carbocycles. The first-order valence-electron chi connectivity index (χ1n) is 8.49. The molecule has 0 radical (unpaired) electrons. The topological polar surface area (TPSA) is 63.7 Å². The molecule has 2 unspecified atom stereocenters. The van der Waals surface area contributed by atoms with Crippen LogP contribution in [0.5, 0.6) is 11.5 Å². The average molecular weight is 359 g/mol. The number of fused-ring (bicyclic) bond motifs is 1. The normalized spacial score (nSPS) is 22.2. The number of hydrogen-bond donors (Lipinski definition) is 1. The third-order valence-electron chi connectivity index (χ3n) is 4.86. The van der Waals surface area contributed by atoms with Crippen molar-refractivity contribution in [1.29, 1.82) is 0 Å². The monoisotopic (exact) mass is 359 g/mol. The summed E-state index contributed by atoms with van der Waals surface area (Å²) in [6, 6.07) is 6.32. The first kappa shape index (κ1) is 16.4. The average Bonchev–Trinajstić information content (AvgIpc) is 3.25. The van der Waals surface area contributed by atoms with Gasteiger partial charge in [-0.25, -0.2) is 4.98 Å². The molecule has 1 aromatic heterocycles. The summed E-state index contributed by atoms with van der Waals surface area (Å²) in [5, 5.41) is 6.25. The van der Waals surface area contributed by atoms with Crippen LogP contribution in [0.2, 0.25) is 0 Å². The maximum Gasteiger partial charge on any atom is 0.231 e. The van der Waals surface area contributed by atoms with Crippen molar-refractivity contribution in [3.63, 3.8) is 0 Å². The van der Waals surface area contributed by atoms with Crippen LogP contribution in [0, 0.1) is 0 Å². The summed E-state index contributed by atoms with van der Waals surface area (Å²) in [5.41, 5.74) is 1.80. The van der Waals surface area contributed by atoms with Gasteiger partial charge >= 0.3 is 0 Å². The molecule has 1 fully saturated rings. The molecule has 1 amide bonds. The van der Waals surface area contributed by atoms with Gasteiger partial charge in [0.15, 0.2) is 11.5 Å². The Morgan fingerprint density at radius 1 is 1.36 bits per heavy atom. The highest BCUT2D eigenvalue weighted by atomic mass is 32.1. The number of rotatable bonds is 3. The summed E-state index contributed by atoms with van der Waals surface area (Å²) in [6.07, 6.45) is 0.345. The molecule has 2 atom stereocenters. The fraction of sp³-hybridized carbons (Fsp3) is 0.444. The zero-order valence-electron chi connectivity index (χ0n) is 14.3. The Morgan fingerprint density at radius 2 is 2.20 bits per heavy atom. The predicted molar refractivity (Wildman–Crippen MR) is 96.0 cm³/mol. The summed E-state index contributed by atoms with van der Waals surface area (Å²) in [4.78, 5) is 19.3. The van der Waals surface area contributed by atoms with E-state index in [1.54, 1.807) is 11.3 Å². The van der Waals surface area contributed by atoms with Crippen molar-refractivity contribution in [2.24, 2.45) is 0 Å². The molecule has 0 bridgehead atoms. The van der Waals surface area contributed by atoms with E-state index in [0.717, 1.165) is 40.9 Å². The molecular formula is C18H21N3O3S. The van der Waals surface area contributed by atoms with Crippen LogP contribution in [-0.2, 0) is 11.2 Å². The van der Waals surface area contributed by atoms with Crippen LogP contribution in [0.1, 0.15) is 19.5 Å². The van der Waals surface area contributed by atoms with Gasteiger partial charge in [-0.05, 0) is 32.0 Å². The second kappa shape index (κ2) is 6.65. The number of carbonyl (C=O) groups excluding carboxylic acids is 1. The third-order valence-corrected chi connectivity index (χ3v) is 5.80. The van der Waals surface area contributed by atoms with E-state index in [2.05, 4.69) is 24.1 Å². The molecule has 2 aromatic rings. The first-order valence-corrected chi connectivity index (χ1v) is 9.37. The SMILES string of the molecule is CC1NCCN(C(=O)Cc2csc(-c3ccc4c(c3)OCO4)n2)C1C. The van der Waals surface area contributed by atoms with E-state index < -0.39 is 0 Å². The van der Waals surface area contributed by atoms with Crippen LogP contribution in [-0.4, -0.2) is 47.8 Å². The Balaban J connectivity index is 1.47. The van der Waals surface area contributed by atoms with Crippen LogP contribution < -0.4 is 14.8 Å². The number of nitrogens with one attached hydrogen (secondary N) is 1. The molecule has 25 heavy (non-hydrogen) atoms. The zero-order valence-corrected chi connectivity index (χ0v) is 15.1. The fourth-order valence-electron chi connectivity index (χ4n) is 3.22. The van der Waals surface area contributed by atoms with Gasteiger partial charge in [-0.15, -0.1) is 11.3 Å². The lowest BCUT2D eigenvalue weighted by molar-refractivity contribution is -0.134. The van der Waals surface area contributed by atoms with Gasteiger partial charge in [0, 0.05) is 36.1 Å². The number of piperazine rings is 1. The van der Waals surface area contributed by atoms with Gasteiger partial charge in [-0.2, -0.15) is 0 Å². The molecule has 1 aromatic carbocycles. The molecular weight excluding hydrogens is 338 g/mol. The lowest BCUT2D eigenvalue weighted by atomic mass is 10.1. The predicted octanol–water partition coefficient (Wildman–Crippen LogP) is 2.29. The maximum absolute atomic E-state index is 12.6. The molecule has 1 N–H and O–H groups in total. The molecule has 3 heterocycles. The van der Waals surface area contributed by atoms with Crippen molar-refractivity contribution in [2.45, 2.75) is 32.4 Å². The summed E-state index contributed by atoms with van der Waals surface area (Å²) >= 11 is 1.55. The molecule has 1 saturated heterocycles. The van der Waals surface area contributed by atoms with Gasteiger partial charge < -0.3 is 19.7 Å². The van der Waals surface area contributed by atoms with Gasteiger partial charge in [0.2, 0.25) is 12.7 Å². The smallest absolute Gasteiger partial charge is 0.231 e. The lowest BCUT2D eigenvalue weighted by Crippen LogP contribution is -2.57. The van der Waals surface area contributed by atoms with Crippen LogP contribution in [0.15, 0.2) is 23.6 Å². The van der Waals surface area contributed by atoms with E-state index in [1.165, 1.54) is 0 Å². The van der Waals surface area contributed by atoms with Crippen molar-refractivity contribution < 1.29 is 14.3 Å². The minimum Gasteiger partial charge on any atom is -0.454 e. The molecule has 4 rings (SSSR count). The van der Waals surface area contributed by atoms with Crippen LogP contribution >= 0.6 is 11.3 Å². The molecule has 7 heteroatoms. The minimum absolute atomic E-state index is 0.142. The molecule has 0 saturated carbocycles. The molecule has 2 aliphatic heterocycles. The van der Waals surface area contributed by atoms with E-state index in [4.69, 9.17) is 9.47 Å². The Hall–Kier alpha value is -2.12. The van der Waals surface area contributed by atoms with E-state index in [0.29, 0.717) is 12.5 Å². The zero-order chi connectivity index (χ0) is 17.4. The number of carbonyl (C=O) groups is 1. The van der Waals surface area contributed by atoms with Crippen LogP contribution in [0.25, 0.3) is 10.6 Å². The number of amides is 1. The molecule has 132 valence electrons. The first-order chi connectivity index (χ1) is 12.1. The van der Waals surface area contributed by atoms with Gasteiger partial charge in [-0.3, -0.25) is 4.79 Å². The van der Waals surface area contributed by atoms with Gasteiger partial charge in [0.1, 0.15) is 5.01 Å². The largest absolute Gasteiger partial charge is 0.454 e. The summed E-state index contributed by atoms with van der Waals surface area (Å²) < 4.78 is 10.8. The Kier molecular flexibility index (Phi) is 4.35. The van der Waals surface area contributed by atoms with Crippen molar-refractivity contribution in [3.05, 3.63) is 29.3 Å². The van der Waals surface area contributed by atoms with Crippen LogP contribution in [0.4, 0.5) is 0 Å². The minimum atomic E-state index is 0.142. The lowest BCUT2D eigenvalue weighted by Gasteiger charge is -2.38. The quantitative estimate of drug-likeness (QED) is 0.911. The number of nitrogens with zero attached hydrogens (tertiary/aromatic N) is 2. The van der Waals surface area contributed by atoms with E-state index >= 15 is 0 Å². The highest BCUT2D eigenvalue weighted by molar-refractivity contribution is 7.13. The number of hydrogen-bond acceptors (Lipinski definition) is 6. The standard InChI is InChI=1S/C18H21N3O3S/c1-11-12(2)21(6-5-19-11)17(22)8-14-9-25-18(20-14)13-3-4-15-16(7-13)24-10-23-15/h3-4,7,9,11-12,19H,5-6,8,10H2,1-2H3. The van der Waals surface area contributed by atoms with Crippen molar-refractivity contribution in [3.8, 4) is 22.1 Å². The van der Waals surface area contributed by atoms with Crippen molar-refractivity contribution in [2.75, 3.05) is 19.9 Å². The Bertz CT molecular complexity index is 792. The second-order valence-electron chi connectivity index (χ2n) is 6.46. The van der Waals surface area contributed by atoms with Crippen LogP contribution in [0.3, 0.4) is 0 Å². The summed E-state index contributed by atoms with van der Waals surface area (Å²) in [7, 11) is 0. The number of aromatic nitrogens is 1. The fourth-order valence-corrected chi connectivity index (χ4v) is 4.03. The highest BCUT2D eigenvalue weighted by Crippen LogP contribution is 2.36. The molecule has 2 aliphatic rings. The van der Waals surface area contributed by atoms with Gasteiger partial charge in [0.05, 0.1) is 12.1 Å². The summed E-state index contributed by atoms with van der Waals surface area (Å²) in [5.74, 6) is 1.65. The van der Waals surface area contributed by atoms with Gasteiger partial charge in [0.25, 0.3) is 0 Å². The molecule has 6 nitrogen and oxygen atoms in total. The van der Waals surface area contributed by atoms with E-state index in [-0.39, 0.29) is 18.7 Å². The maximum atomic E-state index is 12.6. The number of benzene rings is 1. The Morgan fingerprint density at radius 3 is 3.08 bits per heavy atom. The van der Waals surface area contributed by atoms with E-state index in [9.17, 15) is 4.79 Å².